The number of unbranched alkanes of at least 4 members (excludes halogenated alkanes) is 24. The number of rotatable bonds is 47. The molecule has 0 saturated heterocycles. The van der Waals surface area contributed by atoms with Gasteiger partial charge in [0.25, 0.3) is 7.82 Å². The van der Waals surface area contributed by atoms with Gasteiger partial charge in [0, 0.05) is 6.42 Å². The van der Waals surface area contributed by atoms with Gasteiger partial charge in [-0.2, -0.15) is 0 Å². The summed E-state index contributed by atoms with van der Waals surface area (Å²) in [5.41, 5.74) is 0. The van der Waals surface area contributed by atoms with Crippen LogP contribution >= 0.6 is 7.82 Å². The Balaban J connectivity index is 3.76. The Kier molecular flexibility index (Phi) is 44.6. The predicted octanol–water partition coefficient (Wildman–Crippen LogP) is 14.9. The van der Waals surface area contributed by atoms with Crippen molar-refractivity contribution < 1.29 is 32.9 Å². The van der Waals surface area contributed by atoms with Crippen LogP contribution in [0.4, 0.5) is 0 Å². The first-order valence-electron chi connectivity index (χ1n) is 26.3. The van der Waals surface area contributed by atoms with Crippen molar-refractivity contribution in [3.8, 4) is 0 Å². The maximum absolute atomic E-state index is 12.8. The molecule has 1 amide bonds. The summed E-state index contributed by atoms with van der Waals surface area (Å²) in [4.78, 5) is 25.1. The molecule has 0 radical (unpaired) electrons. The lowest BCUT2D eigenvalue weighted by Crippen LogP contribution is -2.45. The van der Waals surface area contributed by atoms with Gasteiger partial charge in [0.15, 0.2) is 0 Å². The number of phosphoric acid groups is 1. The van der Waals surface area contributed by atoms with Crippen LogP contribution in [0.25, 0.3) is 0 Å². The minimum atomic E-state index is -4.57. The first kappa shape index (κ1) is 61.9. The van der Waals surface area contributed by atoms with Gasteiger partial charge in [0.1, 0.15) is 13.2 Å². The summed E-state index contributed by atoms with van der Waals surface area (Å²) in [6.07, 6.45) is 63.3. The predicted molar refractivity (Wildman–Crippen MR) is 274 cm³/mol. The number of phosphoric ester groups is 1. The molecule has 9 heteroatoms. The van der Waals surface area contributed by atoms with Crippen molar-refractivity contribution in [2.45, 2.75) is 231 Å². The third kappa shape index (κ3) is 47.9. The summed E-state index contributed by atoms with van der Waals surface area (Å²) in [7, 11) is 1.26. The molecule has 64 heavy (non-hydrogen) atoms. The Bertz CT molecular complexity index is 1270. The molecule has 0 rings (SSSR count). The fourth-order valence-electron chi connectivity index (χ4n) is 7.30. The quantitative estimate of drug-likeness (QED) is 0.0272. The van der Waals surface area contributed by atoms with E-state index in [0.717, 1.165) is 77.0 Å². The zero-order valence-electron chi connectivity index (χ0n) is 42.2. The molecule has 3 atom stereocenters. The van der Waals surface area contributed by atoms with Crippen LogP contribution in [0.2, 0.25) is 0 Å². The minimum absolute atomic E-state index is 0.00255. The van der Waals surface area contributed by atoms with Gasteiger partial charge >= 0.3 is 0 Å². The highest BCUT2D eigenvalue weighted by Gasteiger charge is 2.23. The number of allylic oxidation sites excluding steroid dienone is 11. The lowest BCUT2D eigenvalue weighted by atomic mass is 10.0. The van der Waals surface area contributed by atoms with Gasteiger partial charge in [0.05, 0.1) is 39.9 Å². The number of carbonyl (C=O) groups is 1. The van der Waals surface area contributed by atoms with Crippen molar-refractivity contribution in [1.29, 1.82) is 0 Å². The Morgan fingerprint density at radius 3 is 1.39 bits per heavy atom. The van der Waals surface area contributed by atoms with Crippen molar-refractivity contribution in [3.63, 3.8) is 0 Å². The Hall–Kier alpha value is -2.06. The normalized spacial score (nSPS) is 14.7. The number of carbonyl (C=O) groups excluding carboxylic acids is 1. The Morgan fingerprint density at radius 2 is 0.953 bits per heavy atom. The lowest BCUT2D eigenvalue weighted by molar-refractivity contribution is -0.870. The number of likely N-dealkylation sites (N-methyl/N-ethyl adjacent to an activating group) is 1. The molecule has 2 N–H and O–H groups in total. The molecule has 0 saturated carbocycles. The molecule has 0 aliphatic rings. The molecule has 0 aromatic heterocycles. The van der Waals surface area contributed by atoms with Crippen molar-refractivity contribution >= 4 is 13.7 Å². The van der Waals surface area contributed by atoms with Gasteiger partial charge < -0.3 is 28.8 Å². The zero-order chi connectivity index (χ0) is 47.1. The van der Waals surface area contributed by atoms with E-state index in [4.69, 9.17) is 9.05 Å². The van der Waals surface area contributed by atoms with E-state index in [0.29, 0.717) is 17.4 Å². The monoisotopic (exact) mass is 917 g/mol. The smallest absolute Gasteiger partial charge is 0.268 e. The van der Waals surface area contributed by atoms with Gasteiger partial charge in [-0.05, 0) is 64.2 Å². The number of amides is 1. The SMILES string of the molecule is CC/C=C\C/C=C\C/C=C\C/C=C\C/C=C\CCCCCCCCCCCCCCCCCCCCCCCC(=O)NC(COP(=O)([O-])OCC[N+](C)(C)C)C(O)/C=C/CCCCC. The van der Waals surface area contributed by atoms with Crippen molar-refractivity contribution in [2.24, 2.45) is 0 Å². The van der Waals surface area contributed by atoms with Gasteiger partial charge in [-0.25, -0.2) is 0 Å². The van der Waals surface area contributed by atoms with Crippen LogP contribution in [0.15, 0.2) is 72.9 Å². The number of nitrogens with one attached hydrogen (secondary N) is 1. The fraction of sp³-hybridized carbons (Fsp3) is 0.764. The van der Waals surface area contributed by atoms with Gasteiger partial charge in [-0.3, -0.25) is 9.36 Å². The molecule has 8 nitrogen and oxygen atoms in total. The molecule has 0 bridgehead atoms. The highest BCUT2D eigenvalue weighted by Crippen LogP contribution is 2.38. The van der Waals surface area contributed by atoms with E-state index in [1.165, 1.54) is 122 Å². The van der Waals surface area contributed by atoms with Crippen LogP contribution in [-0.2, 0) is 18.4 Å². The average molecular weight is 917 g/mol. The van der Waals surface area contributed by atoms with E-state index in [9.17, 15) is 19.4 Å². The van der Waals surface area contributed by atoms with Crippen LogP contribution in [0.5, 0.6) is 0 Å². The van der Waals surface area contributed by atoms with Crippen LogP contribution < -0.4 is 10.2 Å². The topological polar surface area (TPSA) is 108 Å². The molecule has 0 aromatic carbocycles. The number of hydrogen-bond donors (Lipinski definition) is 2. The van der Waals surface area contributed by atoms with Crippen LogP contribution in [0, 0.1) is 0 Å². The van der Waals surface area contributed by atoms with Gasteiger partial charge in [-0.1, -0.05) is 222 Å². The van der Waals surface area contributed by atoms with E-state index >= 15 is 0 Å². The second kappa shape index (κ2) is 46.1. The number of quaternary nitrogens is 1. The number of hydrogen-bond acceptors (Lipinski definition) is 6. The molecule has 3 unspecified atom stereocenters. The Morgan fingerprint density at radius 1 is 0.562 bits per heavy atom. The molecule has 0 fully saturated rings. The van der Waals surface area contributed by atoms with Crippen molar-refractivity contribution in [2.75, 3.05) is 40.9 Å². The molecule has 0 aliphatic heterocycles. The average Bonchev–Trinajstić information content (AvgIpc) is 3.25. The Labute approximate surface area is 395 Å². The van der Waals surface area contributed by atoms with E-state index in [-0.39, 0.29) is 19.1 Å². The maximum atomic E-state index is 12.8. The van der Waals surface area contributed by atoms with Crippen LogP contribution in [0.1, 0.15) is 219 Å². The largest absolute Gasteiger partial charge is 0.756 e. The van der Waals surface area contributed by atoms with Crippen molar-refractivity contribution in [1.82, 2.24) is 5.32 Å². The lowest BCUT2D eigenvalue weighted by Gasteiger charge is -2.29. The van der Waals surface area contributed by atoms with Crippen molar-refractivity contribution in [3.05, 3.63) is 72.9 Å². The number of aliphatic hydroxyl groups excluding tert-OH is 1. The van der Waals surface area contributed by atoms with E-state index in [1.54, 1.807) is 6.08 Å². The van der Waals surface area contributed by atoms with Crippen LogP contribution in [0.3, 0.4) is 0 Å². The summed E-state index contributed by atoms with van der Waals surface area (Å²) >= 11 is 0. The summed E-state index contributed by atoms with van der Waals surface area (Å²) in [6.45, 7) is 4.41. The maximum Gasteiger partial charge on any atom is 0.268 e. The standard InChI is InChI=1S/C55H101N2O6P/c1-6-8-10-12-13-14-15-16-17-18-19-20-21-22-23-24-25-26-27-28-29-30-31-32-33-34-35-36-37-38-39-40-41-42-43-45-47-49-55(59)56-53(54(58)48-46-44-11-9-7-2)52-63-64(60,61)62-51-50-57(3,4)5/h8,10,13-14,16-17,19-20,22-23,46,48,53-54,58H,6-7,9,11-12,15,18,21,24-45,47,49-52H2,1-5H3,(H-,56,59,60,61)/b10-8-,14-13-,17-16-,20-19-,23-22-,48-46+. The number of aliphatic hydroxyl groups is 1. The summed E-state index contributed by atoms with van der Waals surface area (Å²) in [5, 5.41) is 13.6. The molecule has 0 spiro atoms. The van der Waals surface area contributed by atoms with E-state index < -0.39 is 20.0 Å². The zero-order valence-corrected chi connectivity index (χ0v) is 43.1. The first-order valence-corrected chi connectivity index (χ1v) is 27.8. The highest BCUT2D eigenvalue weighted by molar-refractivity contribution is 7.45. The third-order valence-corrected chi connectivity index (χ3v) is 12.4. The molecule has 372 valence electrons. The van der Waals surface area contributed by atoms with Gasteiger partial charge in [-0.15, -0.1) is 0 Å². The molecule has 0 aliphatic carbocycles. The molecule has 0 heterocycles. The highest BCUT2D eigenvalue weighted by atomic mass is 31.2. The van der Waals surface area contributed by atoms with E-state index in [1.807, 2.05) is 27.2 Å². The summed E-state index contributed by atoms with van der Waals surface area (Å²) < 4.78 is 23.0. The third-order valence-electron chi connectivity index (χ3n) is 11.4. The summed E-state index contributed by atoms with van der Waals surface area (Å²) in [6, 6.07) is -0.882. The first-order chi connectivity index (χ1) is 31.0. The van der Waals surface area contributed by atoms with Gasteiger partial charge in [0.2, 0.25) is 5.91 Å². The number of nitrogens with zero attached hydrogens (tertiary/aromatic N) is 1. The fourth-order valence-corrected chi connectivity index (χ4v) is 8.02. The molecular formula is C55H101N2O6P. The minimum Gasteiger partial charge on any atom is -0.756 e. The summed E-state index contributed by atoms with van der Waals surface area (Å²) in [5.74, 6) is -0.204. The second-order valence-electron chi connectivity index (χ2n) is 18.9. The molecular weight excluding hydrogens is 816 g/mol. The van der Waals surface area contributed by atoms with Crippen LogP contribution in [-0.4, -0.2) is 68.5 Å². The van der Waals surface area contributed by atoms with E-state index in [2.05, 4.69) is 79.9 Å². The second-order valence-corrected chi connectivity index (χ2v) is 20.3. The molecule has 0 aromatic rings.